The van der Waals surface area contributed by atoms with Crippen molar-refractivity contribution in [2.24, 2.45) is 0 Å². The molecule has 6 nitrogen and oxygen atoms in total. The zero-order chi connectivity index (χ0) is 13.2. The molecule has 6 heteroatoms. The van der Waals surface area contributed by atoms with Crippen LogP contribution in [-0.2, 0) is 4.74 Å². The number of aryl methyl sites for hydroxylation is 1. The molecule has 0 saturated carbocycles. The summed E-state index contributed by atoms with van der Waals surface area (Å²) in [6, 6.07) is 7.58. The van der Waals surface area contributed by atoms with E-state index in [1.807, 2.05) is 31.2 Å². The number of hydrogen-bond acceptors (Lipinski definition) is 5. The zero-order valence-corrected chi connectivity index (χ0v) is 10.4. The third kappa shape index (κ3) is 2.42. The number of amides is 1. The van der Waals surface area contributed by atoms with Crippen LogP contribution in [0.3, 0.4) is 0 Å². The molecule has 0 spiro atoms. The van der Waals surface area contributed by atoms with E-state index >= 15 is 0 Å². The van der Waals surface area contributed by atoms with E-state index in [1.54, 1.807) is 0 Å². The first-order valence-corrected chi connectivity index (χ1v) is 6.06. The van der Waals surface area contributed by atoms with Gasteiger partial charge in [0.1, 0.15) is 6.04 Å². The van der Waals surface area contributed by atoms with Crippen molar-refractivity contribution in [3.63, 3.8) is 0 Å². The normalized spacial score (nSPS) is 18.8. The highest BCUT2D eigenvalue weighted by atomic mass is 16.6. The summed E-state index contributed by atoms with van der Waals surface area (Å²) in [6.07, 6.45) is 0.174. The fourth-order valence-electron chi connectivity index (χ4n) is 1.91. The molecule has 1 fully saturated rings. The number of carbonyl (C=O) groups excluding carboxylic acids is 1. The Balaban J connectivity index is 1.82. The van der Waals surface area contributed by atoms with Crippen molar-refractivity contribution < 1.29 is 14.1 Å². The van der Waals surface area contributed by atoms with Gasteiger partial charge in [0, 0.05) is 12.0 Å². The summed E-state index contributed by atoms with van der Waals surface area (Å²) in [5.74, 6) is 0.933. The second-order valence-corrected chi connectivity index (χ2v) is 4.44. The number of benzene rings is 1. The molecule has 2 heterocycles. The van der Waals surface area contributed by atoms with Gasteiger partial charge in [-0.25, -0.2) is 4.79 Å². The van der Waals surface area contributed by atoms with Gasteiger partial charge in [-0.2, -0.15) is 4.98 Å². The molecule has 1 N–H and O–H groups in total. The average Bonchev–Trinajstić information content (AvgIpc) is 2.89. The summed E-state index contributed by atoms with van der Waals surface area (Å²) in [6.45, 7) is 2.38. The standard InChI is InChI=1S/C13H13N3O3/c1-8-2-4-9(5-3-8)11-15-12(19-16-11)10-6-7-18-13(17)14-10/h2-5,10H,6-7H2,1H3,(H,14,17). The SMILES string of the molecule is Cc1ccc(-c2noc(C3CCOC(=O)N3)n2)cc1. The number of rotatable bonds is 2. The van der Waals surface area contributed by atoms with E-state index < -0.39 is 6.09 Å². The van der Waals surface area contributed by atoms with Crippen molar-refractivity contribution in [1.29, 1.82) is 0 Å². The number of nitrogens with one attached hydrogen (secondary N) is 1. The molecule has 19 heavy (non-hydrogen) atoms. The molecule has 1 aliphatic rings. The molecule has 0 radical (unpaired) electrons. The van der Waals surface area contributed by atoms with Gasteiger partial charge in [-0.1, -0.05) is 35.0 Å². The van der Waals surface area contributed by atoms with Crippen LogP contribution in [-0.4, -0.2) is 22.8 Å². The van der Waals surface area contributed by atoms with Gasteiger partial charge >= 0.3 is 6.09 Å². The molecule has 1 aliphatic heterocycles. The molecule has 1 saturated heterocycles. The van der Waals surface area contributed by atoms with Crippen LogP contribution in [0.25, 0.3) is 11.4 Å². The Morgan fingerprint density at radius 2 is 2.11 bits per heavy atom. The monoisotopic (exact) mass is 259 g/mol. The van der Waals surface area contributed by atoms with E-state index in [9.17, 15) is 4.79 Å². The molecule has 1 unspecified atom stereocenters. The van der Waals surface area contributed by atoms with Crippen LogP contribution in [0.4, 0.5) is 4.79 Å². The highest BCUT2D eigenvalue weighted by Gasteiger charge is 2.26. The Labute approximate surface area is 109 Å². The third-order valence-corrected chi connectivity index (χ3v) is 2.98. The fraction of sp³-hybridized carbons (Fsp3) is 0.308. The summed E-state index contributed by atoms with van der Waals surface area (Å²) in [4.78, 5) is 15.5. The van der Waals surface area contributed by atoms with Gasteiger partial charge < -0.3 is 14.6 Å². The van der Waals surface area contributed by atoms with Crippen LogP contribution in [0.1, 0.15) is 23.9 Å². The van der Waals surface area contributed by atoms with Gasteiger partial charge in [0.05, 0.1) is 6.61 Å². The average molecular weight is 259 g/mol. The van der Waals surface area contributed by atoms with Crippen LogP contribution in [0.5, 0.6) is 0 Å². The van der Waals surface area contributed by atoms with E-state index in [0.29, 0.717) is 24.7 Å². The van der Waals surface area contributed by atoms with Crippen molar-refractivity contribution in [2.45, 2.75) is 19.4 Å². The van der Waals surface area contributed by atoms with E-state index in [-0.39, 0.29) is 6.04 Å². The Kier molecular flexibility index (Phi) is 2.91. The molecular weight excluding hydrogens is 246 g/mol. The highest BCUT2D eigenvalue weighted by molar-refractivity contribution is 5.68. The van der Waals surface area contributed by atoms with Crippen LogP contribution in [0.2, 0.25) is 0 Å². The maximum atomic E-state index is 11.1. The summed E-state index contributed by atoms with van der Waals surface area (Å²) < 4.78 is 10.0. The van der Waals surface area contributed by atoms with Crippen molar-refractivity contribution in [3.8, 4) is 11.4 Å². The lowest BCUT2D eigenvalue weighted by Crippen LogP contribution is -2.35. The lowest BCUT2D eigenvalue weighted by atomic mass is 10.1. The summed E-state index contributed by atoms with van der Waals surface area (Å²) in [7, 11) is 0. The topological polar surface area (TPSA) is 77.2 Å². The smallest absolute Gasteiger partial charge is 0.407 e. The number of ether oxygens (including phenoxy) is 1. The maximum absolute atomic E-state index is 11.1. The summed E-state index contributed by atoms with van der Waals surface area (Å²) in [5, 5.41) is 6.59. The Morgan fingerprint density at radius 3 is 2.84 bits per heavy atom. The Hall–Kier alpha value is -2.37. The highest BCUT2D eigenvalue weighted by Crippen LogP contribution is 2.22. The van der Waals surface area contributed by atoms with Gasteiger partial charge in [0.25, 0.3) is 0 Å². The van der Waals surface area contributed by atoms with Gasteiger partial charge in [-0.05, 0) is 6.92 Å². The molecule has 1 aromatic carbocycles. The molecule has 1 amide bonds. The number of hydrogen-bond donors (Lipinski definition) is 1. The van der Waals surface area contributed by atoms with Crippen molar-refractivity contribution in [2.75, 3.05) is 6.61 Å². The summed E-state index contributed by atoms with van der Waals surface area (Å²) in [5.41, 5.74) is 2.06. The maximum Gasteiger partial charge on any atom is 0.407 e. The van der Waals surface area contributed by atoms with Crippen molar-refractivity contribution in [1.82, 2.24) is 15.5 Å². The van der Waals surface area contributed by atoms with Crippen molar-refractivity contribution in [3.05, 3.63) is 35.7 Å². The number of nitrogens with zero attached hydrogens (tertiary/aromatic N) is 2. The molecule has 1 atom stereocenters. The first-order valence-electron chi connectivity index (χ1n) is 6.06. The van der Waals surface area contributed by atoms with Gasteiger partial charge in [-0.15, -0.1) is 0 Å². The Morgan fingerprint density at radius 1 is 1.32 bits per heavy atom. The van der Waals surface area contributed by atoms with E-state index in [1.165, 1.54) is 5.56 Å². The third-order valence-electron chi connectivity index (χ3n) is 2.98. The minimum absolute atomic E-state index is 0.270. The minimum atomic E-state index is -0.452. The second-order valence-electron chi connectivity index (χ2n) is 4.44. The largest absolute Gasteiger partial charge is 0.449 e. The van der Waals surface area contributed by atoms with Gasteiger partial charge in [-0.3, -0.25) is 0 Å². The lowest BCUT2D eigenvalue weighted by Gasteiger charge is -2.19. The van der Waals surface area contributed by atoms with Gasteiger partial charge in [0.2, 0.25) is 11.7 Å². The number of carbonyl (C=O) groups is 1. The van der Waals surface area contributed by atoms with Crippen LogP contribution in [0.15, 0.2) is 28.8 Å². The number of aromatic nitrogens is 2. The van der Waals surface area contributed by atoms with E-state index in [0.717, 1.165) is 5.56 Å². The second kappa shape index (κ2) is 4.72. The van der Waals surface area contributed by atoms with E-state index in [2.05, 4.69) is 15.5 Å². The Bertz CT molecular complexity index is 591. The molecule has 0 bridgehead atoms. The van der Waals surface area contributed by atoms with Crippen molar-refractivity contribution >= 4 is 6.09 Å². The first kappa shape index (κ1) is 11.7. The first-order chi connectivity index (χ1) is 9.22. The molecule has 3 rings (SSSR count). The fourth-order valence-corrected chi connectivity index (χ4v) is 1.91. The van der Waals surface area contributed by atoms with E-state index in [4.69, 9.17) is 9.26 Å². The molecular formula is C13H13N3O3. The summed E-state index contributed by atoms with van der Waals surface area (Å²) >= 11 is 0. The lowest BCUT2D eigenvalue weighted by molar-refractivity contribution is 0.109. The molecule has 98 valence electrons. The van der Waals surface area contributed by atoms with Gasteiger partial charge in [0.15, 0.2) is 0 Å². The quantitative estimate of drug-likeness (QED) is 0.894. The predicted molar refractivity (Wildman–Crippen MR) is 66.3 cm³/mol. The predicted octanol–water partition coefficient (Wildman–Crippen LogP) is 2.22. The molecule has 2 aromatic rings. The number of cyclic esters (lactones) is 1. The molecule has 1 aromatic heterocycles. The van der Waals surface area contributed by atoms with Crippen LogP contribution in [0, 0.1) is 6.92 Å². The van der Waals surface area contributed by atoms with Crippen LogP contribution < -0.4 is 5.32 Å². The van der Waals surface area contributed by atoms with Crippen LogP contribution >= 0.6 is 0 Å². The zero-order valence-electron chi connectivity index (χ0n) is 10.4. The minimum Gasteiger partial charge on any atom is -0.449 e. The molecule has 0 aliphatic carbocycles. The number of alkyl carbamates (subject to hydrolysis) is 1.